The zero-order chi connectivity index (χ0) is 18.9. The Labute approximate surface area is 159 Å². The number of unbranched alkanes of at least 4 members (excludes halogenated alkanes) is 2. The van der Waals surface area contributed by atoms with Crippen molar-refractivity contribution in [3.05, 3.63) is 72.8 Å². The van der Waals surface area contributed by atoms with Crippen molar-refractivity contribution in [2.24, 2.45) is 0 Å². The molecule has 140 valence electrons. The Kier molecular flexibility index (Phi) is 7.82. The van der Waals surface area contributed by atoms with E-state index in [2.05, 4.69) is 81.4 Å². The highest BCUT2D eigenvalue weighted by atomic mass is 28.4. The van der Waals surface area contributed by atoms with E-state index in [4.69, 9.17) is 9.53 Å². The zero-order valence-electron chi connectivity index (χ0n) is 16.3. The van der Waals surface area contributed by atoms with Crippen molar-refractivity contribution in [3.63, 3.8) is 0 Å². The van der Waals surface area contributed by atoms with E-state index < -0.39 is 8.32 Å². The summed E-state index contributed by atoms with van der Waals surface area (Å²) in [7, 11) is -2.38. The van der Waals surface area contributed by atoms with Crippen LogP contribution in [0.1, 0.15) is 40.0 Å². The van der Waals surface area contributed by atoms with E-state index in [9.17, 15) is 0 Å². The number of hydrogen-bond acceptors (Lipinski definition) is 2. The molecule has 2 nitrogen and oxygen atoms in total. The second-order valence-electron chi connectivity index (χ2n) is 7.66. The summed E-state index contributed by atoms with van der Waals surface area (Å²) in [5, 5.41) is 11.5. The van der Waals surface area contributed by atoms with Crippen molar-refractivity contribution in [3.8, 4) is 0 Å². The monoisotopic (exact) mass is 368 g/mol. The highest BCUT2D eigenvalue weighted by molar-refractivity contribution is 6.99. The summed E-state index contributed by atoms with van der Waals surface area (Å²) in [6.45, 7) is 7.81. The maximum atomic E-state index is 8.81. The number of allylic oxidation sites excluding steroid dienone is 1. The Morgan fingerprint density at radius 2 is 1.38 bits per heavy atom. The minimum atomic E-state index is -2.38. The molecule has 26 heavy (non-hydrogen) atoms. The van der Waals surface area contributed by atoms with Gasteiger partial charge in [0.15, 0.2) is 0 Å². The highest BCUT2D eigenvalue weighted by Crippen LogP contribution is 2.36. The average molecular weight is 369 g/mol. The molecule has 2 aromatic carbocycles. The first-order valence-corrected chi connectivity index (χ1v) is 11.4. The average Bonchev–Trinajstić information content (AvgIpc) is 2.64. The van der Waals surface area contributed by atoms with Gasteiger partial charge in [-0.05, 0) is 34.7 Å². The van der Waals surface area contributed by atoms with Gasteiger partial charge in [0.25, 0.3) is 8.32 Å². The van der Waals surface area contributed by atoms with Crippen LogP contribution in [-0.4, -0.2) is 26.6 Å². The molecular formula is C23H32O2Si. The van der Waals surface area contributed by atoms with Crippen LogP contribution in [0.4, 0.5) is 0 Å². The molecule has 0 spiro atoms. The van der Waals surface area contributed by atoms with E-state index in [-0.39, 0.29) is 11.6 Å². The topological polar surface area (TPSA) is 29.5 Å². The van der Waals surface area contributed by atoms with E-state index in [1.165, 1.54) is 10.4 Å². The molecule has 0 fully saturated rings. The van der Waals surface area contributed by atoms with Crippen LogP contribution in [0.2, 0.25) is 5.04 Å². The lowest BCUT2D eigenvalue weighted by Crippen LogP contribution is -2.66. The molecule has 1 N–H and O–H groups in total. The fourth-order valence-electron chi connectivity index (χ4n) is 3.54. The molecule has 0 aliphatic rings. The predicted molar refractivity (Wildman–Crippen MR) is 114 cm³/mol. The van der Waals surface area contributed by atoms with Gasteiger partial charge in [-0.1, -0.05) is 93.6 Å². The normalized spacial score (nSPS) is 12.6. The van der Waals surface area contributed by atoms with Crippen molar-refractivity contribution in [2.75, 3.05) is 13.2 Å². The summed E-state index contributed by atoms with van der Waals surface area (Å²) in [6, 6.07) is 21.5. The van der Waals surface area contributed by atoms with Crippen molar-refractivity contribution >= 4 is 18.7 Å². The van der Waals surface area contributed by atoms with Crippen LogP contribution in [0.25, 0.3) is 0 Å². The zero-order valence-corrected chi connectivity index (χ0v) is 17.3. The second-order valence-corrected chi connectivity index (χ2v) is 12.0. The van der Waals surface area contributed by atoms with Crippen LogP contribution in [0, 0.1) is 0 Å². The van der Waals surface area contributed by atoms with E-state index >= 15 is 0 Å². The van der Waals surface area contributed by atoms with Gasteiger partial charge in [0.05, 0.1) is 6.61 Å². The number of aliphatic hydroxyl groups is 1. The number of benzene rings is 2. The van der Waals surface area contributed by atoms with Crippen LogP contribution in [0.3, 0.4) is 0 Å². The SMILES string of the molecule is CC(C)(C)[Si](OCCCC/C=C\CO)(c1ccccc1)c1ccccc1. The molecule has 0 atom stereocenters. The standard InChI is InChI=1S/C23H32O2Si/c1-23(2,3)26(21-15-9-7-10-16-21,22-17-11-8-12-18-22)25-20-14-6-4-5-13-19-24/h5,7-13,15-18,24H,4,6,14,19-20H2,1-3H3/b13-5-. The summed E-state index contributed by atoms with van der Waals surface area (Å²) in [5.41, 5.74) is 0. The summed E-state index contributed by atoms with van der Waals surface area (Å²) in [4.78, 5) is 0. The summed E-state index contributed by atoms with van der Waals surface area (Å²) < 4.78 is 6.84. The van der Waals surface area contributed by atoms with Gasteiger partial charge >= 0.3 is 0 Å². The van der Waals surface area contributed by atoms with Gasteiger partial charge in [-0.2, -0.15) is 0 Å². The molecule has 0 saturated heterocycles. The lowest BCUT2D eigenvalue weighted by atomic mass is 10.2. The van der Waals surface area contributed by atoms with Crippen molar-refractivity contribution < 1.29 is 9.53 Å². The Balaban J connectivity index is 2.28. The Bertz CT molecular complexity index is 620. The van der Waals surface area contributed by atoms with Gasteiger partial charge in [0.1, 0.15) is 0 Å². The summed E-state index contributed by atoms with van der Waals surface area (Å²) in [6.07, 6.45) is 6.95. The first-order valence-electron chi connectivity index (χ1n) is 9.53. The van der Waals surface area contributed by atoms with E-state index in [1.54, 1.807) is 0 Å². The maximum Gasteiger partial charge on any atom is 0.261 e. The molecule has 0 bridgehead atoms. The highest BCUT2D eigenvalue weighted by Gasteiger charge is 2.49. The van der Waals surface area contributed by atoms with Crippen LogP contribution in [-0.2, 0) is 4.43 Å². The van der Waals surface area contributed by atoms with Gasteiger partial charge in [0, 0.05) is 6.61 Å². The minimum absolute atomic E-state index is 0.0342. The smallest absolute Gasteiger partial charge is 0.261 e. The van der Waals surface area contributed by atoms with Crippen molar-refractivity contribution in [1.29, 1.82) is 0 Å². The summed E-state index contributed by atoms with van der Waals surface area (Å²) in [5.74, 6) is 0. The van der Waals surface area contributed by atoms with Gasteiger partial charge in [0.2, 0.25) is 0 Å². The fourth-order valence-corrected chi connectivity index (χ4v) is 8.15. The van der Waals surface area contributed by atoms with Crippen molar-refractivity contribution in [2.45, 2.75) is 45.1 Å². The minimum Gasteiger partial charge on any atom is -0.407 e. The molecule has 0 saturated carbocycles. The third kappa shape index (κ3) is 4.94. The van der Waals surface area contributed by atoms with Gasteiger partial charge < -0.3 is 9.53 Å². The van der Waals surface area contributed by atoms with Crippen LogP contribution in [0.15, 0.2) is 72.8 Å². The molecule has 0 amide bonds. The Morgan fingerprint density at radius 3 is 1.85 bits per heavy atom. The number of rotatable bonds is 9. The largest absolute Gasteiger partial charge is 0.407 e. The molecule has 2 rings (SSSR count). The van der Waals surface area contributed by atoms with Crippen molar-refractivity contribution in [1.82, 2.24) is 0 Å². The number of aliphatic hydroxyl groups excluding tert-OH is 1. The second kappa shape index (κ2) is 9.86. The Morgan fingerprint density at radius 1 is 0.846 bits per heavy atom. The third-order valence-corrected chi connectivity index (χ3v) is 9.81. The molecular weight excluding hydrogens is 336 g/mol. The lowest BCUT2D eigenvalue weighted by molar-refractivity contribution is 0.288. The Hall–Kier alpha value is -1.68. The van der Waals surface area contributed by atoms with Gasteiger partial charge in [-0.25, -0.2) is 0 Å². The maximum absolute atomic E-state index is 8.81. The van der Waals surface area contributed by atoms with E-state index in [0.29, 0.717) is 0 Å². The molecule has 0 aliphatic carbocycles. The van der Waals surface area contributed by atoms with Crippen LogP contribution >= 0.6 is 0 Å². The predicted octanol–water partition coefficient (Wildman–Crippen LogP) is 4.28. The molecule has 3 heteroatoms. The first-order chi connectivity index (χ1) is 12.5. The molecule has 0 aliphatic heterocycles. The molecule has 0 heterocycles. The molecule has 0 unspecified atom stereocenters. The quantitative estimate of drug-likeness (QED) is 0.407. The van der Waals surface area contributed by atoms with E-state index in [0.717, 1.165) is 25.9 Å². The van der Waals surface area contributed by atoms with Gasteiger partial charge in [-0.15, -0.1) is 0 Å². The first kappa shape index (κ1) is 20.6. The summed E-state index contributed by atoms with van der Waals surface area (Å²) >= 11 is 0. The van der Waals surface area contributed by atoms with E-state index in [1.807, 2.05) is 12.2 Å². The molecule has 0 aromatic heterocycles. The fraction of sp³-hybridized carbons (Fsp3) is 0.391. The molecule has 0 radical (unpaired) electrons. The van der Waals surface area contributed by atoms with Crippen LogP contribution in [0.5, 0.6) is 0 Å². The van der Waals surface area contributed by atoms with Crippen LogP contribution < -0.4 is 10.4 Å². The third-order valence-electron chi connectivity index (χ3n) is 4.77. The molecule has 2 aromatic rings. The van der Waals surface area contributed by atoms with Gasteiger partial charge in [-0.3, -0.25) is 0 Å². The lowest BCUT2D eigenvalue weighted by Gasteiger charge is -2.43. The number of hydrogen-bond donors (Lipinski definition) is 1.